The molecule has 29 heavy (non-hydrogen) atoms. The van der Waals surface area contributed by atoms with E-state index in [1.165, 1.54) is 25.7 Å². The van der Waals surface area contributed by atoms with Crippen LogP contribution < -0.4 is 0 Å². The molecule has 0 aromatic heterocycles. The monoisotopic (exact) mass is 419 g/mol. The lowest BCUT2D eigenvalue weighted by Gasteiger charge is -2.42. The Kier molecular flexibility index (Phi) is 6.27. The Morgan fingerprint density at radius 1 is 0.931 bits per heavy atom. The first-order chi connectivity index (χ1) is 13.9. The van der Waals surface area contributed by atoms with E-state index in [9.17, 15) is 13.2 Å². The molecular formula is C22H33N3O3S. The Morgan fingerprint density at radius 2 is 1.59 bits per heavy atom. The number of likely N-dealkylation sites (tertiary alicyclic amines) is 1. The number of aryl methyl sites for hydroxylation is 1. The molecule has 160 valence electrons. The van der Waals surface area contributed by atoms with E-state index in [4.69, 9.17) is 0 Å². The lowest BCUT2D eigenvalue weighted by molar-refractivity contribution is -0.135. The third-order valence-electron chi connectivity index (χ3n) is 6.99. The maximum Gasteiger partial charge on any atom is 0.243 e. The molecule has 0 unspecified atom stereocenters. The fraction of sp³-hybridized carbons (Fsp3) is 0.682. The summed E-state index contributed by atoms with van der Waals surface area (Å²) in [4.78, 5) is 17.3. The minimum atomic E-state index is -3.45. The number of sulfonamides is 1. The average molecular weight is 420 g/mol. The van der Waals surface area contributed by atoms with Gasteiger partial charge in [-0.3, -0.25) is 9.69 Å². The molecule has 2 saturated heterocycles. The van der Waals surface area contributed by atoms with Crippen LogP contribution in [0.1, 0.15) is 37.7 Å². The lowest BCUT2D eigenvalue weighted by Crippen LogP contribution is -2.53. The van der Waals surface area contributed by atoms with Crippen LogP contribution in [-0.2, 0) is 14.8 Å². The number of carbonyl (C=O) groups is 1. The molecule has 7 heteroatoms. The van der Waals surface area contributed by atoms with E-state index in [1.807, 2.05) is 19.1 Å². The zero-order valence-electron chi connectivity index (χ0n) is 17.4. The van der Waals surface area contributed by atoms with Crippen molar-refractivity contribution in [3.63, 3.8) is 0 Å². The molecule has 0 radical (unpaired) electrons. The van der Waals surface area contributed by atoms with Gasteiger partial charge in [0.1, 0.15) is 0 Å². The van der Waals surface area contributed by atoms with Crippen molar-refractivity contribution in [3.05, 3.63) is 29.8 Å². The summed E-state index contributed by atoms with van der Waals surface area (Å²) in [5.41, 5.74) is 1.05. The maximum absolute atomic E-state index is 12.8. The summed E-state index contributed by atoms with van der Waals surface area (Å²) in [6.07, 6.45) is 6.42. The number of carbonyl (C=O) groups excluding carboxylic acids is 1. The van der Waals surface area contributed by atoms with Gasteiger partial charge in [-0.25, -0.2) is 8.42 Å². The van der Waals surface area contributed by atoms with Gasteiger partial charge in [0, 0.05) is 39.3 Å². The number of piperazine rings is 1. The van der Waals surface area contributed by atoms with Crippen LogP contribution in [0.3, 0.4) is 0 Å². The Morgan fingerprint density at radius 3 is 2.28 bits per heavy atom. The van der Waals surface area contributed by atoms with E-state index >= 15 is 0 Å². The molecule has 3 fully saturated rings. The third kappa shape index (κ3) is 4.67. The number of piperidine rings is 1. The van der Waals surface area contributed by atoms with Crippen LogP contribution in [0.15, 0.2) is 29.2 Å². The second-order valence-electron chi connectivity index (χ2n) is 8.93. The number of amides is 1. The molecule has 3 aliphatic rings. The van der Waals surface area contributed by atoms with Crippen molar-refractivity contribution in [2.24, 2.45) is 11.8 Å². The summed E-state index contributed by atoms with van der Waals surface area (Å²) in [5.74, 6) is 1.73. The molecule has 2 heterocycles. The highest BCUT2D eigenvalue weighted by atomic mass is 32.2. The fourth-order valence-electron chi connectivity index (χ4n) is 5.11. The molecule has 2 atom stereocenters. The van der Waals surface area contributed by atoms with Crippen LogP contribution in [0.5, 0.6) is 0 Å². The smallest absolute Gasteiger partial charge is 0.243 e. The minimum absolute atomic E-state index is 0.212. The van der Waals surface area contributed by atoms with E-state index in [2.05, 4.69) is 9.80 Å². The molecule has 1 aromatic carbocycles. The predicted molar refractivity (Wildman–Crippen MR) is 113 cm³/mol. The van der Waals surface area contributed by atoms with Crippen LogP contribution in [0.25, 0.3) is 0 Å². The number of hydrogen-bond donors (Lipinski definition) is 0. The fourth-order valence-corrected chi connectivity index (χ4v) is 6.53. The zero-order chi connectivity index (χ0) is 20.4. The number of rotatable bonds is 4. The first-order valence-corrected chi connectivity index (χ1v) is 12.4. The average Bonchev–Trinajstić information content (AvgIpc) is 2.74. The summed E-state index contributed by atoms with van der Waals surface area (Å²) in [7, 11) is -3.45. The standard InChI is InChI=1S/C22H33N3O3S/c1-18-6-8-21(9-7-18)29(27,28)25-14-12-23(13-15-25)17-22(26)24-11-10-19-4-2-3-5-20(19)16-24/h6-9,19-20H,2-5,10-17H2,1H3/t19-,20-/m1/s1. The van der Waals surface area contributed by atoms with E-state index in [1.54, 1.807) is 16.4 Å². The van der Waals surface area contributed by atoms with Crippen molar-refractivity contribution in [3.8, 4) is 0 Å². The van der Waals surface area contributed by atoms with E-state index in [0.717, 1.165) is 31.0 Å². The highest BCUT2D eigenvalue weighted by Gasteiger charge is 2.34. The van der Waals surface area contributed by atoms with Gasteiger partial charge in [0.05, 0.1) is 11.4 Å². The molecule has 4 rings (SSSR count). The summed E-state index contributed by atoms with van der Waals surface area (Å²) >= 11 is 0. The van der Waals surface area contributed by atoms with E-state index in [0.29, 0.717) is 43.5 Å². The normalized spacial score (nSPS) is 26.9. The Hall–Kier alpha value is -1.44. The van der Waals surface area contributed by atoms with Crippen LogP contribution in [0.2, 0.25) is 0 Å². The van der Waals surface area contributed by atoms with Gasteiger partial charge in [-0.1, -0.05) is 37.0 Å². The lowest BCUT2D eigenvalue weighted by atomic mass is 9.75. The molecule has 0 bridgehead atoms. The van der Waals surface area contributed by atoms with Gasteiger partial charge >= 0.3 is 0 Å². The van der Waals surface area contributed by atoms with Crippen LogP contribution >= 0.6 is 0 Å². The predicted octanol–water partition coefficient (Wildman–Crippen LogP) is 2.34. The zero-order valence-corrected chi connectivity index (χ0v) is 18.2. The maximum atomic E-state index is 12.8. The molecule has 1 aromatic rings. The first-order valence-electron chi connectivity index (χ1n) is 11.0. The second kappa shape index (κ2) is 8.74. The number of fused-ring (bicyclic) bond motifs is 1. The molecular weight excluding hydrogens is 386 g/mol. The molecule has 2 aliphatic heterocycles. The number of benzene rings is 1. The van der Waals surface area contributed by atoms with Crippen LogP contribution in [0.4, 0.5) is 0 Å². The number of hydrogen-bond acceptors (Lipinski definition) is 4. The Bertz CT molecular complexity index is 816. The van der Waals surface area contributed by atoms with Gasteiger partial charge in [-0.2, -0.15) is 4.31 Å². The van der Waals surface area contributed by atoms with Crippen LogP contribution in [-0.4, -0.2) is 74.2 Å². The van der Waals surface area contributed by atoms with Gasteiger partial charge in [0.15, 0.2) is 0 Å². The number of nitrogens with zero attached hydrogens (tertiary/aromatic N) is 3. The topological polar surface area (TPSA) is 60.9 Å². The van der Waals surface area contributed by atoms with Gasteiger partial charge in [-0.05, 0) is 43.7 Å². The van der Waals surface area contributed by atoms with Gasteiger partial charge in [0.2, 0.25) is 15.9 Å². The minimum Gasteiger partial charge on any atom is -0.341 e. The molecule has 0 N–H and O–H groups in total. The molecule has 0 spiro atoms. The highest BCUT2D eigenvalue weighted by Crippen LogP contribution is 2.36. The van der Waals surface area contributed by atoms with Crippen molar-refractivity contribution in [2.45, 2.75) is 43.9 Å². The highest BCUT2D eigenvalue weighted by molar-refractivity contribution is 7.89. The molecule has 1 saturated carbocycles. The largest absolute Gasteiger partial charge is 0.341 e. The van der Waals surface area contributed by atoms with Crippen LogP contribution in [0, 0.1) is 18.8 Å². The summed E-state index contributed by atoms with van der Waals surface area (Å²) in [6.45, 7) is 6.27. The van der Waals surface area contributed by atoms with Gasteiger partial charge in [-0.15, -0.1) is 0 Å². The Labute approximate surface area is 174 Å². The van der Waals surface area contributed by atoms with Gasteiger partial charge in [0.25, 0.3) is 0 Å². The summed E-state index contributed by atoms with van der Waals surface area (Å²) < 4.78 is 27.2. The summed E-state index contributed by atoms with van der Waals surface area (Å²) in [6, 6.07) is 7.01. The van der Waals surface area contributed by atoms with E-state index in [-0.39, 0.29) is 5.91 Å². The first kappa shape index (κ1) is 20.8. The molecule has 1 amide bonds. The van der Waals surface area contributed by atoms with E-state index < -0.39 is 10.0 Å². The molecule has 1 aliphatic carbocycles. The van der Waals surface area contributed by atoms with Crippen molar-refractivity contribution >= 4 is 15.9 Å². The van der Waals surface area contributed by atoms with Gasteiger partial charge < -0.3 is 4.90 Å². The summed E-state index contributed by atoms with van der Waals surface area (Å²) in [5, 5.41) is 0. The Balaban J connectivity index is 1.28. The van der Waals surface area contributed by atoms with Crippen molar-refractivity contribution in [1.82, 2.24) is 14.1 Å². The SMILES string of the molecule is Cc1ccc(S(=O)(=O)N2CCN(CC(=O)N3CC[C@H]4CCCC[C@@H]4C3)CC2)cc1. The van der Waals surface area contributed by atoms with Crippen molar-refractivity contribution in [2.75, 3.05) is 45.8 Å². The molecule has 6 nitrogen and oxygen atoms in total. The third-order valence-corrected chi connectivity index (χ3v) is 8.91. The van der Waals surface area contributed by atoms with Crippen molar-refractivity contribution < 1.29 is 13.2 Å². The van der Waals surface area contributed by atoms with Crippen molar-refractivity contribution in [1.29, 1.82) is 0 Å². The second-order valence-corrected chi connectivity index (χ2v) is 10.9. The quantitative estimate of drug-likeness (QED) is 0.752.